The molecule has 0 aliphatic carbocycles. The van der Waals surface area contributed by atoms with Crippen LogP contribution in [0.25, 0.3) is 0 Å². The van der Waals surface area contributed by atoms with Crippen LogP contribution in [0, 0.1) is 0 Å². The number of carbonyl (C=O) groups excluding carboxylic acids is 1. The minimum atomic E-state index is -4.28. The Morgan fingerprint density at radius 3 is 1.53 bits per heavy atom. The Morgan fingerprint density at radius 2 is 1.02 bits per heavy atom. The fourth-order valence-electron chi connectivity index (χ4n) is 6.57. The van der Waals surface area contributed by atoms with E-state index in [-0.39, 0.29) is 25.8 Å². The standard InChI is InChI=1S/C48H92NO7P/c1-6-8-10-12-14-16-18-20-22-24-26-28-30-32-34-36-38-40-43-53-45-47(46-55-57(51,52)54-44-42-49(3,4)5)56-48(50)41-39-37-35-33-31-29-27-25-23-21-19-17-15-13-11-9-7-2/h9,11,15,17,21,23,47H,6-8,10,12-14,16,18-20,22,24-46H2,1-5H3/p+1/b11-9-,17-15-,23-21-. The second-order valence-electron chi connectivity index (χ2n) is 17.1. The molecule has 0 rings (SSSR count). The van der Waals surface area contributed by atoms with Gasteiger partial charge in [-0.1, -0.05) is 192 Å². The van der Waals surface area contributed by atoms with Crippen LogP contribution in [0.1, 0.15) is 206 Å². The summed E-state index contributed by atoms with van der Waals surface area (Å²) in [5, 5.41) is 0. The highest BCUT2D eigenvalue weighted by atomic mass is 31.2. The van der Waals surface area contributed by atoms with E-state index in [2.05, 4.69) is 50.3 Å². The Hall–Kier alpha value is -1.28. The number of hydrogen-bond acceptors (Lipinski definition) is 6. The molecule has 0 aromatic rings. The van der Waals surface area contributed by atoms with E-state index in [0.29, 0.717) is 24.1 Å². The molecule has 0 saturated heterocycles. The predicted octanol–water partition coefficient (Wildman–Crippen LogP) is 14.2. The van der Waals surface area contributed by atoms with Crippen molar-refractivity contribution in [2.45, 2.75) is 213 Å². The van der Waals surface area contributed by atoms with E-state index in [9.17, 15) is 14.3 Å². The average Bonchev–Trinajstić information content (AvgIpc) is 3.16. The monoisotopic (exact) mass is 827 g/mol. The van der Waals surface area contributed by atoms with E-state index >= 15 is 0 Å². The minimum Gasteiger partial charge on any atom is -0.457 e. The molecule has 0 aliphatic heterocycles. The van der Waals surface area contributed by atoms with Gasteiger partial charge in [0.2, 0.25) is 0 Å². The molecule has 0 aromatic carbocycles. The molecule has 0 aromatic heterocycles. The lowest BCUT2D eigenvalue weighted by atomic mass is 10.0. The van der Waals surface area contributed by atoms with Gasteiger partial charge in [-0.05, 0) is 44.9 Å². The molecule has 57 heavy (non-hydrogen) atoms. The number of carbonyl (C=O) groups is 1. The largest absolute Gasteiger partial charge is 0.472 e. The summed E-state index contributed by atoms with van der Waals surface area (Å²) in [6, 6.07) is 0. The highest BCUT2D eigenvalue weighted by Crippen LogP contribution is 2.43. The van der Waals surface area contributed by atoms with Crippen LogP contribution in [-0.2, 0) is 27.9 Å². The van der Waals surface area contributed by atoms with Gasteiger partial charge in [-0.3, -0.25) is 13.8 Å². The van der Waals surface area contributed by atoms with Crippen LogP contribution >= 0.6 is 7.82 Å². The van der Waals surface area contributed by atoms with Crippen molar-refractivity contribution in [3.05, 3.63) is 36.5 Å². The minimum absolute atomic E-state index is 0.0874. The quantitative estimate of drug-likeness (QED) is 0.0215. The van der Waals surface area contributed by atoms with Gasteiger partial charge in [0.15, 0.2) is 0 Å². The third-order valence-electron chi connectivity index (χ3n) is 10.2. The Morgan fingerprint density at radius 1 is 0.561 bits per heavy atom. The zero-order valence-electron chi connectivity index (χ0n) is 38.1. The van der Waals surface area contributed by atoms with Gasteiger partial charge in [0.25, 0.3) is 0 Å². The fraction of sp³-hybridized carbons (Fsp3) is 0.854. The first-order valence-electron chi connectivity index (χ1n) is 23.7. The first-order chi connectivity index (χ1) is 27.6. The first-order valence-corrected chi connectivity index (χ1v) is 25.2. The summed E-state index contributed by atoms with van der Waals surface area (Å²) in [7, 11) is 1.67. The number of phosphoric acid groups is 1. The lowest BCUT2D eigenvalue weighted by Crippen LogP contribution is -2.37. The summed E-state index contributed by atoms with van der Waals surface area (Å²) in [5.74, 6) is -0.321. The molecule has 0 heterocycles. The van der Waals surface area contributed by atoms with E-state index in [0.717, 1.165) is 57.8 Å². The van der Waals surface area contributed by atoms with Crippen molar-refractivity contribution < 1.29 is 37.3 Å². The van der Waals surface area contributed by atoms with Gasteiger partial charge in [0.1, 0.15) is 19.3 Å². The molecular formula is C48H93NO7P+. The van der Waals surface area contributed by atoms with Crippen LogP contribution in [0.4, 0.5) is 0 Å². The Labute approximate surface area is 353 Å². The number of hydrogen-bond donors (Lipinski definition) is 1. The second kappa shape index (κ2) is 41.5. The maximum absolute atomic E-state index is 12.7. The van der Waals surface area contributed by atoms with Gasteiger partial charge in [-0.15, -0.1) is 0 Å². The molecule has 0 bridgehead atoms. The maximum atomic E-state index is 12.7. The van der Waals surface area contributed by atoms with Crippen molar-refractivity contribution in [3.63, 3.8) is 0 Å². The SMILES string of the molecule is CC/C=C\C/C=C\C/C=C\CCCCCCCCCC(=O)OC(COCCCCCCCCCCCCCCCCCCCC)COP(=O)(O)OCC[N+](C)(C)C. The Kier molecular flexibility index (Phi) is 40.5. The van der Waals surface area contributed by atoms with E-state index in [1.165, 1.54) is 128 Å². The first kappa shape index (κ1) is 55.7. The normalized spacial score (nSPS) is 14.0. The van der Waals surface area contributed by atoms with Crippen LogP contribution in [0.5, 0.6) is 0 Å². The number of likely N-dealkylation sites (N-methyl/N-ethyl adjacent to an activating group) is 1. The third-order valence-corrected chi connectivity index (χ3v) is 11.2. The lowest BCUT2D eigenvalue weighted by molar-refractivity contribution is -0.870. The number of phosphoric ester groups is 1. The van der Waals surface area contributed by atoms with Crippen molar-refractivity contribution in [3.8, 4) is 0 Å². The number of unbranched alkanes of at least 4 members (excludes halogenated alkanes) is 24. The predicted molar refractivity (Wildman–Crippen MR) is 243 cm³/mol. The highest BCUT2D eigenvalue weighted by Gasteiger charge is 2.26. The lowest BCUT2D eigenvalue weighted by Gasteiger charge is -2.24. The highest BCUT2D eigenvalue weighted by molar-refractivity contribution is 7.47. The van der Waals surface area contributed by atoms with E-state index in [4.69, 9.17) is 18.5 Å². The molecule has 0 saturated carbocycles. The molecule has 0 aliphatic rings. The van der Waals surface area contributed by atoms with Gasteiger partial charge in [-0.2, -0.15) is 0 Å². The van der Waals surface area contributed by atoms with Gasteiger partial charge < -0.3 is 18.9 Å². The van der Waals surface area contributed by atoms with Crippen molar-refractivity contribution in [2.75, 3.05) is 54.1 Å². The van der Waals surface area contributed by atoms with Gasteiger partial charge in [0.05, 0.1) is 34.4 Å². The zero-order valence-corrected chi connectivity index (χ0v) is 39.0. The van der Waals surface area contributed by atoms with Gasteiger partial charge in [-0.25, -0.2) is 4.57 Å². The third kappa shape index (κ3) is 45.7. The van der Waals surface area contributed by atoms with Gasteiger partial charge in [0, 0.05) is 13.0 Å². The molecule has 0 spiro atoms. The van der Waals surface area contributed by atoms with Crippen molar-refractivity contribution in [1.82, 2.24) is 0 Å². The number of quaternary nitrogens is 1. The topological polar surface area (TPSA) is 91.3 Å². The molecule has 1 N–H and O–H groups in total. The molecule has 0 amide bonds. The van der Waals surface area contributed by atoms with Crippen LogP contribution in [0.3, 0.4) is 0 Å². The van der Waals surface area contributed by atoms with Crippen LogP contribution in [-0.4, -0.2) is 75.6 Å². The summed E-state index contributed by atoms with van der Waals surface area (Å²) >= 11 is 0. The summed E-state index contributed by atoms with van der Waals surface area (Å²) in [5.41, 5.74) is 0. The molecule has 2 unspecified atom stereocenters. The number of ether oxygens (including phenoxy) is 2. The number of rotatable bonds is 44. The molecule has 336 valence electrons. The fourth-order valence-corrected chi connectivity index (χ4v) is 7.31. The zero-order chi connectivity index (χ0) is 42.0. The second-order valence-corrected chi connectivity index (χ2v) is 18.6. The van der Waals surface area contributed by atoms with Crippen molar-refractivity contribution in [2.24, 2.45) is 0 Å². The van der Waals surface area contributed by atoms with Crippen molar-refractivity contribution >= 4 is 13.8 Å². The van der Waals surface area contributed by atoms with Crippen molar-refractivity contribution in [1.29, 1.82) is 0 Å². The molecule has 0 radical (unpaired) electrons. The van der Waals surface area contributed by atoms with Crippen LogP contribution < -0.4 is 0 Å². The number of nitrogens with zero attached hydrogens (tertiary/aromatic N) is 1. The Balaban J connectivity index is 4.18. The molecule has 9 heteroatoms. The molecule has 2 atom stereocenters. The molecule has 8 nitrogen and oxygen atoms in total. The molecule has 0 fully saturated rings. The van der Waals surface area contributed by atoms with E-state index < -0.39 is 13.9 Å². The van der Waals surface area contributed by atoms with Gasteiger partial charge >= 0.3 is 13.8 Å². The van der Waals surface area contributed by atoms with E-state index in [1.54, 1.807) is 0 Å². The van der Waals surface area contributed by atoms with Crippen LogP contribution in [0.15, 0.2) is 36.5 Å². The summed E-state index contributed by atoms with van der Waals surface area (Å²) < 4.78 is 35.1. The van der Waals surface area contributed by atoms with Crippen LogP contribution in [0.2, 0.25) is 0 Å². The molecular weight excluding hydrogens is 734 g/mol. The summed E-state index contributed by atoms with van der Waals surface area (Å²) in [4.78, 5) is 22.9. The number of allylic oxidation sites excluding steroid dienone is 6. The van der Waals surface area contributed by atoms with E-state index in [1.807, 2.05) is 21.1 Å². The average molecular weight is 827 g/mol. The summed E-state index contributed by atoms with van der Waals surface area (Å²) in [6.45, 7) is 5.53. The Bertz CT molecular complexity index is 1010. The number of esters is 1. The smallest absolute Gasteiger partial charge is 0.457 e. The summed E-state index contributed by atoms with van der Waals surface area (Å²) in [6.07, 6.45) is 48.9. The maximum Gasteiger partial charge on any atom is 0.472 e.